The third kappa shape index (κ3) is 7.97. The van der Waals surface area contributed by atoms with Crippen LogP contribution in [0.5, 0.6) is 11.5 Å². The van der Waals surface area contributed by atoms with Gasteiger partial charge in [0.2, 0.25) is 6.61 Å². The van der Waals surface area contributed by atoms with Gasteiger partial charge >= 0.3 is 5.97 Å². The quantitative estimate of drug-likeness (QED) is 0.119. The van der Waals surface area contributed by atoms with Crippen molar-refractivity contribution in [3.05, 3.63) is 156 Å². The van der Waals surface area contributed by atoms with Gasteiger partial charge in [-0.2, -0.15) is 0 Å². The van der Waals surface area contributed by atoms with Gasteiger partial charge in [-0.3, -0.25) is 9.69 Å². The van der Waals surface area contributed by atoms with Gasteiger partial charge in [-0.15, -0.1) is 0 Å². The van der Waals surface area contributed by atoms with Crippen LogP contribution in [-0.4, -0.2) is 65.3 Å². The Labute approximate surface area is 280 Å². The highest BCUT2D eigenvalue weighted by atomic mass is 16.6. The first-order chi connectivity index (χ1) is 23.4. The Morgan fingerprint density at radius 1 is 0.667 bits per heavy atom. The van der Waals surface area contributed by atoms with Crippen LogP contribution < -0.4 is 4.74 Å². The fourth-order valence-corrected chi connectivity index (χ4v) is 5.91. The molecule has 1 saturated heterocycles. The molecule has 5 aromatic carbocycles. The number of carboxylic acid groups (broad SMARTS) is 1. The normalized spacial score (nSPS) is 13.7. The Morgan fingerprint density at radius 2 is 1.15 bits per heavy atom. The molecule has 0 aliphatic carbocycles. The van der Waals surface area contributed by atoms with Crippen molar-refractivity contribution in [1.82, 2.24) is 9.80 Å². The highest BCUT2D eigenvalue weighted by molar-refractivity contribution is 5.98. The summed E-state index contributed by atoms with van der Waals surface area (Å²) in [6.07, 6.45) is 0. The summed E-state index contributed by atoms with van der Waals surface area (Å²) < 4.78 is 6.08. The summed E-state index contributed by atoms with van der Waals surface area (Å²) in [4.78, 5) is 33.3. The number of rotatable bonds is 11. The standard InChI is InChI=1S/C40H37N3O5/c1-29(41-47-28-38(44)45)30-12-14-31(15-13-30)32-16-20-36(21-17-32)48-37-22-18-35(19-23-37)40(46)43-26-24-42(25-27-43)39(33-8-4-2-5-9-33)34-10-6-3-7-11-34/h2-23,39H,24-28H2,1H3,(H,44,45)/b41-29+. The van der Waals surface area contributed by atoms with Gasteiger partial charge in [-0.1, -0.05) is 102 Å². The molecule has 8 heteroatoms. The molecule has 1 N–H and O–H groups in total. The molecule has 1 aliphatic heterocycles. The number of oxime groups is 1. The molecule has 0 bridgehead atoms. The summed E-state index contributed by atoms with van der Waals surface area (Å²) >= 11 is 0. The lowest BCUT2D eigenvalue weighted by Crippen LogP contribution is -2.49. The van der Waals surface area contributed by atoms with Crippen LogP contribution >= 0.6 is 0 Å². The number of nitrogens with zero attached hydrogens (tertiary/aromatic N) is 3. The zero-order chi connectivity index (χ0) is 33.3. The number of piperazine rings is 1. The van der Waals surface area contributed by atoms with Crippen LogP contribution in [-0.2, 0) is 9.63 Å². The largest absolute Gasteiger partial charge is 0.479 e. The summed E-state index contributed by atoms with van der Waals surface area (Å²) in [6.45, 7) is 4.20. The molecular formula is C40H37N3O5. The van der Waals surface area contributed by atoms with Crippen molar-refractivity contribution in [2.45, 2.75) is 13.0 Å². The van der Waals surface area contributed by atoms with Gasteiger partial charge in [0, 0.05) is 31.7 Å². The topological polar surface area (TPSA) is 91.7 Å². The average Bonchev–Trinajstić information content (AvgIpc) is 3.13. The Kier molecular flexibility index (Phi) is 10.2. The number of carboxylic acids is 1. The maximum atomic E-state index is 13.4. The molecule has 1 heterocycles. The van der Waals surface area contributed by atoms with Crippen molar-refractivity contribution in [3.63, 3.8) is 0 Å². The van der Waals surface area contributed by atoms with E-state index in [0.29, 0.717) is 35.9 Å². The van der Waals surface area contributed by atoms with Crippen LogP contribution in [0, 0.1) is 0 Å². The molecule has 0 spiro atoms. The fourth-order valence-electron chi connectivity index (χ4n) is 5.91. The number of ether oxygens (including phenoxy) is 1. The van der Waals surface area contributed by atoms with Crippen LogP contribution in [0.4, 0.5) is 0 Å². The SMILES string of the molecule is C/C(=N\OCC(=O)O)c1ccc(-c2ccc(Oc3ccc(C(=O)N4CCN(C(c5ccccc5)c5ccccc5)CC4)cc3)cc2)cc1. The van der Waals surface area contributed by atoms with Crippen LogP contribution in [0.15, 0.2) is 139 Å². The molecule has 1 amide bonds. The molecule has 0 atom stereocenters. The van der Waals surface area contributed by atoms with E-state index in [0.717, 1.165) is 29.8 Å². The minimum atomic E-state index is -1.07. The van der Waals surface area contributed by atoms with Crippen molar-refractivity contribution in [1.29, 1.82) is 0 Å². The minimum Gasteiger partial charge on any atom is -0.479 e. The lowest BCUT2D eigenvalue weighted by atomic mass is 9.96. The van der Waals surface area contributed by atoms with Gasteiger partial charge < -0.3 is 19.6 Å². The van der Waals surface area contributed by atoms with E-state index in [9.17, 15) is 9.59 Å². The highest BCUT2D eigenvalue weighted by Crippen LogP contribution is 2.30. The van der Waals surface area contributed by atoms with E-state index < -0.39 is 12.6 Å². The number of amides is 1. The molecule has 6 rings (SSSR count). The van der Waals surface area contributed by atoms with Gasteiger partial charge in [0.1, 0.15) is 11.5 Å². The summed E-state index contributed by atoms with van der Waals surface area (Å²) in [5.41, 5.74) is 6.63. The van der Waals surface area contributed by atoms with Gasteiger partial charge in [0.15, 0.2) is 0 Å². The molecule has 1 fully saturated rings. The number of aliphatic carboxylic acids is 1. The monoisotopic (exact) mass is 639 g/mol. The Hall–Kier alpha value is -5.73. The third-order valence-electron chi connectivity index (χ3n) is 8.41. The molecular weight excluding hydrogens is 602 g/mol. The average molecular weight is 640 g/mol. The van der Waals surface area contributed by atoms with E-state index >= 15 is 0 Å². The summed E-state index contributed by atoms with van der Waals surface area (Å²) in [5.74, 6) is 0.304. The molecule has 0 saturated carbocycles. The molecule has 8 nitrogen and oxygen atoms in total. The Balaban J connectivity index is 1.03. The smallest absolute Gasteiger partial charge is 0.344 e. The Morgan fingerprint density at radius 3 is 1.67 bits per heavy atom. The van der Waals surface area contributed by atoms with E-state index in [1.165, 1.54) is 11.1 Å². The van der Waals surface area contributed by atoms with Crippen molar-refractivity contribution in [3.8, 4) is 22.6 Å². The number of carbonyl (C=O) groups excluding carboxylic acids is 1. The first kappa shape index (κ1) is 32.2. The molecule has 0 unspecified atom stereocenters. The van der Waals surface area contributed by atoms with Gasteiger partial charge in [-0.05, 0) is 71.1 Å². The number of carbonyl (C=O) groups is 2. The van der Waals surface area contributed by atoms with Crippen molar-refractivity contribution in [2.75, 3.05) is 32.8 Å². The fraction of sp³-hybridized carbons (Fsp3) is 0.175. The minimum absolute atomic E-state index is 0.0294. The second-order valence-electron chi connectivity index (χ2n) is 11.6. The zero-order valence-corrected chi connectivity index (χ0v) is 26.7. The lowest BCUT2D eigenvalue weighted by molar-refractivity contribution is -0.142. The number of hydrogen-bond donors (Lipinski definition) is 1. The van der Waals surface area contributed by atoms with E-state index in [1.54, 1.807) is 6.92 Å². The molecule has 5 aromatic rings. The molecule has 48 heavy (non-hydrogen) atoms. The van der Waals surface area contributed by atoms with E-state index in [-0.39, 0.29) is 11.9 Å². The predicted octanol–water partition coefficient (Wildman–Crippen LogP) is 7.52. The number of benzene rings is 5. The maximum absolute atomic E-state index is 13.4. The van der Waals surface area contributed by atoms with Crippen molar-refractivity contribution < 1.29 is 24.3 Å². The van der Waals surface area contributed by atoms with Crippen LogP contribution in [0.2, 0.25) is 0 Å². The van der Waals surface area contributed by atoms with Crippen molar-refractivity contribution in [2.24, 2.45) is 5.16 Å². The maximum Gasteiger partial charge on any atom is 0.344 e. The summed E-state index contributed by atoms with van der Waals surface area (Å²) in [6, 6.07) is 44.2. The van der Waals surface area contributed by atoms with Crippen molar-refractivity contribution >= 4 is 17.6 Å². The van der Waals surface area contributed by atoms with Gasteiger partial charge in [0.25, 0.3) is 5.91 Å². The first-order valence-corrected chi connectivity index (χ1v) is 15.9. The van der Waals surface area contributed by atoms with Gasteiger partial charge in [-0.25, -0.2) is 4.79 Å². The van der Waals surface area contributed by atoms with Gasteiger partial charge in [0.05, 0.1) is 11.8 Å². The highest BCUT2D eigenvalue weighted by Gasteiger charge is 2.28. The molecule has 242 valence electrons. The number of hydrogen-bond acceptors (Lipinski definition) is 6. The Bertz CT molecular complexity index is 1790. The second-order valence-corrected chi connectivity index (χ2v) is 11.6. The predicted molar refractivity (Wildman–Crippen MR) is 186 cm³/mol. The lowest BCUT2D eigenvalue weighted by Gasteiger charge is -2.39. The van der Waals surface area contributed by atoms with Crippen LogP contribution in [0.25, 0.3) is 11.1 Å². The third-order valence-corrected chi connectivity index (χ3v) is 8.41. The summed E-state index contributed by atoms with van der Waals surface area (Å²) in [5, 5.41) is 12.5. The second kappa shape index (κ2) is 15.2. The van der Waals surface area contributed by atoms with E-state index in [1.807, 2.05) is 89.8 Å². The molecule has 0 radical (unpaired) electrons. The molecule has 0 aromatic heterocycles. The van der Waals surface area contributed by atoms with Crippen LogP contribution in [0.3, 0.4) is 0 Å². The zero-order valence-electron chi connectivity index (χ0n) is 26.7. The molecule has 1 aliphatic rings. The van der Waals surface area contributed by atoms with E-state index in [2.05, 4.69) is 58.6 Å². The van der Waals surface area contributed by atoms with Crippen LogP contribution in [0.1, 0.15) is 40.0 Å². The van der Waals surface area contributed by atoms with E-state index in [4.69, 9.17) is 14.7 Å². The summed E-state index contributed by atoms with van der Waals surface area (Å²) in [7, 11) is 0. The first-order valence-electron chi connectivity index (χ1n) is 15.9.